The van der Waals surface area contributed by atoms with Gasteiger partial charge in [-0.1, -0.05) is 18.2 Å². The predicted molar refractivity (Wildman–Crippen MR) is 77.4 cm³/mol. The van der Waals surface area contributed by atoms with Crippen LogP contribution in [-0.4, -0.2) is 6.54 Å². The summed E-state index contributed by atoms with van der Waals surface area (Å²) in [5.41, 5.74) is 1.10. The summed E-state index contributed by atoms with van der Waals surface area (Å²) in [4.78, 5) is 0. The van der Waals surface area contributed by atoms with Crippen molar-refractivity contribution in [1.29, 1.82) is 5.26 Å². The molecule has 0 heterocycles. The topological polar surface area (TPSA) is 35.8 Å². The first-order chi connectivity index (χ1) is 9.63. The molecule has 0 amide bonds. The van der Waals surface area contributed by atoms with Crippen LogP contribution in [0.15, 0.2) is 40.9 Å². The molecule has 2 nitrogen and oxygen atoms in total. The number of halogens is 3. The van der Waals surface area contributed by atoms with Crippen molar-refractivity contribution in [2.75, 3.05) is 11.9 Å². The first kappa shape index (κ1) is 14.5. The van der Waals surface area contributed by atoms with Crippen molar-refractivity contribution in [3.05, 3.63) is 63.6 Å². The van der Waals surface area contributed by atoms with E-state index in [2.05, 4.69) is 21.2 Å². The van der Waals surface area contributed by atoms with E-state index in [-0.39, 0.29) is 21.5 Å². The van der Waals surface area contributed by atoms with E-state index in [0.717, 1.165) is 0 Å². The molecule has 0 aliphatic rings. The van der Waals surface area contributed by atoms with Gasteiger partial charge in [-0.25, -0.2) is 8.78 Å². The van der Waals surface area contributed by atoms with Gasteiger partial charge in [-0.2, -0.15) is 5.26 Å². The molecule has 0 unspecified atom stereocenters. The molecular weight excluding hydrogens is 326 g/mol. The van der Waals surface area contributed by atoms with Crippen LogP contribution >= 0.6 is 15.9 Å². The standard InChI is InChI=1S/C15H11BrF2N2/c16-14-11(9-19)5-6-13(15(14)18)20-8-7-10-3-1-2-4-12(10)17/h1-6,20H,7-8H2. The van der Waals surface area contributed by atoms with Crippen LogP contribution < -0.4 is 5.32 Å². The fourth-order valence-electron chi connectivity index (χ4n) is 1.81. The molecule has 5 heteroatoms. The molecule has 0 radical (unpaired) electrons. The monoisotopic (exact) mass is 336 g/mol. The third kappa shape index (κ3) is 3.14. The number of hydrogen-bond donors (Lipinski definition) is 1. The van der Waals surface area contributed by atoms with Crippen LogP contribution in [0.1, 0.15) is 11.1 Å². The molecule has 20 heavy (non-hydrogen) atoms. The summed E-state index contributed by atoms with van der Waals surface area (Å²) in [5.74, 6) is -0.784. The highest BCUT2D eigenvalue weighted by atomic mass is 79.9. The number of hydrogen-bond acceptors (Lipinski definition) is 2. The third-order valence-corrected chi connectivity index (χ3v) is 3.65. The molecule has 2 aromatic carbocycles. The Hall–Kier alpha value is -1.93. The molecule has 2 aromatic rings. The van der Waals surface area contributed by atoms with Crippen molar-refractivity contribution in [3.63, 3.8) is 0 Å². The molecule has 0 fully saturated rings. The molecule has 1 N–H and O–H groups in total. The summed E-state index contributed by atoms with van der Waals surface area (Å²) >= 11 is 3.04. The minimum absolute atomic E-state index is 0.135. The van der Waals surface area contributed by atoms with Gasteiger partial charge in [0.25, 0.3) is 0 Å². The Balaban J connectivity index is 2.04. The predicted octanol–water partition coefficient (Wildman–Crippen LogP) is 4.25. The fraction of sp³-hybridized carbons (Fsp3) is 0.133. The van der Waals surface area contributed by atoms with Crippen molar-refractivity contribution in [2.45, 2.75) is 6.42 Å². The fourth-order valence-corrected chi connectivity index (χ4v) is 2.24. The lowest BCUT2D eigenvalue weighted by Gasteiger charge is -2.09. The second kappa shape index (κ2) is 6.49. The van der Waals surface area contributed by atoms with Crippen molar-refractivity contribution in [3.8, 4) is 6.07 Å². The van der Waals surface area contributed by atoms with Crippen molar-refractivity contribution in [2.24, 2.45) is 0 Å². The van der Waals surface area contributed by atoms with Crippen molar-refractivity contribution >= 4 is 21.6 Å². The molecular formula is C15H11BrF2N2. The van der Waals surface area contributed by atoms with Gasteiger partial charge in [0.15, 0.2) is 5.82 Å². The van der Waals surface area contributed by atoms with E-state index in [1.54, 1.807) is 18.2 Å². The first-order valence-corrected chi connectivity index (χ1v) is 6.78. The van der Waals surface area contributed by atoms with E-state index in [4.69, 9.17) is 5.26 Å². The van der Waals surface area contributed by atoms with Gasteiger partial charge in [0.05, 0.1) is 15.7 Å². The lowest BCUT2D eigenvalue weighted by Crippen LogP contribution is -2.08. The highest BCUT2D eigenvalue weighted by Crippen LogP contribution is 2.26. The van der Waals surface area contributed by atoms with E-state index >= 15 is 0 Å². The van der Waals surface area contributed by atoms with Crippen molar-refractivity contribution in [1.82, 2.24) is 0 Å². The van der Waals surface area contributed by atoms with Crippen molar-refractivity contribution < 1.29 is 8.78 Å². The number of nitrogens with zero attached hydrogens (tertiary/aromatic N) is 1. The normalized spacial score (nSPS) is 10.1. The average Bonchev–Trinajstić information content (AvgIpc) is 2.46. The second-order valence-electron chi connectivity index (χ2n) is 4.17. The maximum Gasteiger partial charge on any atom is 0.161 e. The van der Waals surface area contributed by atoms with Gasteiger partial charge in [0, 0.05) is 6.54 Å². The summed E-state index contributed by atoms with van der Waals surface area (Å²) in [6.07, 6.45) is 0.448. The zero-order chi connectivity index (χ0) is 14.5. The zero-order valence-corrected chi connectivity index (χ0v) is 12.0. The molecule has 0 atom stereocenters. The minimum atomic E-state index is -0.516. The summed E-state index contributed by atoms with van der Waals surface area (Å²) < 4.78 is 27.5. The molecule has 2 rings (SSSR count). The lowest BCUT2D eigenvalue weighted by molar-refractivity contribution is 0.609. The molecule has 0 aliphatic heterocycles. The molecule has 0 aromatic heterocycles. The van der Waals surface area contributed by atoms with Crippen LogP contribution in [0.2, 0.25) is 0 Å². The second-order valence-corrected chi connectivity index (χ2v) is 4.96. The number of anilines is 1. The van der Waals surface area contributed by atoms with Gasteiger partial charge in [-0.05, 0) is 46.1 Å². The van der Waals surface area contributed by atoms with E-state index in [0.29, 0.717) is 18.5 Å². The minimum Gasteiger partial charge on any atom is -0.382 e. The first-order valence-electron chi connectivity index (χ1n) is 5.99. The smallest absolute Gasteiger partial charge is 0.161 e. The van der Waals surface area contributed by atoms with Crippen LogP contribution in [0, 0.1) is 23.0 Å². The Kier molecular flexibility index (Phi) is 4.70. The van der Waals surface area contributed by atoms with Gasteiger partial charge in [-0.15, -0.1) is 0 Å². The number of rotatable bonds is 4. The van der Waals surface area contributed by atoms with Gasteiger partial charge >= 0.3 is 0 Å². The summed E-state index contributed by atoms with van der Waals surface area (Å²) in [6.45, 7) is 0.399. The number of nitriles is 1. The quantitative estimate of drug-likeness (QED) is 0.905. The number of nitrogens with one attached hydrogen (secondary N) is 1. The molecule has 0 aliphatic carbocycles. The zero-order valence-electron chi connectivity index (χ0n) is 10.5. The van der Waals surface area contributed by atoms with E-state index in [1.807, 2.05) is 6.07 Å². The van der Waals surface area contributed by atoms with Crippen LogP contribution in [0.4, 0.5) is 14.5 Å². The summed E-state index contributed by atoms with van der Waals surface area (Å²) in [5, 5.41) is 11.7. The SMILES string of the molecule is N#Cc1ccc(NCCc2ccccc2F)c(F)c1Br. The van der Waals surface area contributed by atoms with Gasteiger partial charge < -0.3 is 5.32 Å². The van der Waals surface area contributed by atoms with Gasteiger partial charge in [0.1, 0.15) is 11.9 Å². The van der Waals surface area contributed by atoms with Crippen LogP contribution in [0.25, 0.3) is 0 Å². The highest BCUT2D eigenvalue weighted by molar-refractivity contribution is 9.10. The van der Waals surface area contributed by atoms with Gasteiger partial charge in [0.2, 0.25) is 0 Å². The third-order valence-electron chi connectivity index (χ3n) is 2.87. The summed E-state index contributed by atoms with van der Waals surface area (Å²) in [7, 11) is 0. The maximum atomic E-state index is 13.9. The molecule has 0 bridgehead atoms. The maximum absolute atomic E-state index is 13.9. The Bertz CT molecular complexity index is 665. The number of benzene rings is 2. The van der Waals surface area contributed by atoms with E-state index < -0.39 is 5.82 Å². The van der Waals surface area contributed by atoms with Crippen LogP contribution in [0.3, 0.4) is 0 Å². The molecule has 0 saturated carbocycles. The van der Waals surface area contributed by atoms with Gasteiger partial charge in [-0.3, -0.25) is 0 Å². The lowest BCUT2D eigenvalue weighted by atomic mass is 10.1. The molecule has 0 spiro atoms. The van der Waals surface area contributed by atoms with Crippen LogP contribution in [-0.2, 0) is 6.42 Å². The van der Waals surface area contributed by atoms with E-state index in [9.17, 15) is 8.78 Å². The molecule has 0 saturated heterocycles. The Labute approximate surface area is 124 Å². The molecule has 102 valence electrons. The van der Waals surface area contributed by atoms with E-state index in [1.165, 1.54) is 18.2 Å². The Morgan fingerprint density at radius 2 is 1.90 bits per heavy atom. The summed E-state index contributed by atoms with van der Waals surface area (Å²) in [6, 6.07) is 11.4. The Morgan fingerprint density at radius 3 is 2.60 bits per heavy atom. The highest BCUT2D eigenvalue weighted by Gasteiger charge is 2.10. The van der Waals surface area contributed by atoms with Crippen LogP contribution in [0.5, 0.6) is 0 Å². The Morgan fingerprint density at radius 1 is 1.15 bits per heavy atom. The largest absolute Gasteiger partial charge is 0.382 e. The average molecular weight is 337 g/mol.